The first-order chi connectivity index (χ1) is 8.47. The van der Waals surface area contributed by atoms with Crippen LogP contribution in [-0.2, 0) is 4.79 Å². The van der Waals surface area contributed by atoms with Gasteiger partial charge >= 0.3 is 0 Å². The lowest BCUT2D eigenvalue weighted by atomic mass is 10.1. The number of halogens is 2. The average molecular weight is 291 g/mol. The number of ether oxygens (including phenoxy) is 1. The monoisotopic (exact) mass is 290 g/mol. The van der Waals surface area contributed by atoms with Gasteiger partial charge in [-0.25, -0.2) is 5.84 Å². The minimum atomic E-state index is -0.215. The molecule has 1 aromatic carbocycles. The van der Waals surface area contributed by atoms with Crippen molar-refractivity contribution in [2.75, 3.05) is 6.61 Å². The maximum atomic E-state index is 10.9. The van der Waals surface area contributed by atoms with Crippen molar-refractivity contribution >= 4 is 29.1 Å². The van der Waals surface area contributed by atoms with Crippen molar-refractivity contribution in [1.82, 2.24) is 5.43 Å². The third kappa shape index (κ3) is 3.77. The van der Waals surface area contributed by atoms with Crippen molar-refractivity contribution in [2.24, 2.45) is 5.84 Å². The molecule has 0 saturated heterocycles. The molecule has 100 valence electrons. The molecule has 0 radical (unpaired) electrons. The van der Waals surface area contributed by atoms with E-state index in [0.29, 0.717) is 35.2 Å². The summed E-state index contributed by atoms with van der Waals surface area (Å²) in [5.41, 5.74) is 3.77. The van der Waals surface area contributed by atoms with Gasteiger partial charge in [-0.05, 0) is 37.5 Å². The molecule has 3 N–H and O–H groups in total. The Hall–Kier alpha value is -0.970. The molecule has 1 amide bonds. The summed E-state index contributed by atoms with van der Waals surface area (Å²) < 4.78 is 5.54. The molecule has 4 nitrogen and oxygen atoms in total. The number of carbonyl (C=O) groups excluding carboxylic acids is 1. The fourth-order valence-corrected chi connectivity index (χ4v) is 1.89. The zero-order valence-corrected chi connectivity index (χ0v) is 11.9. The third-order valence-corrected chi connectivity index (χ3v) is 3.59. The van der Waals surface area contributed by atoms with Gasteiger partial charge in [0.25, 0.3) is 0 Å². The molecule has 0 unspecified atom stereocenters. The normalized spacial score (nSPS) is 10.3. The Kier molecular flexibility index (Phi) is 5.72. The Morgan fingerprint density at radius 3 is 2.67 bits per heavy atom. The summed E-state index contributed by atoms with van der Waals surface area (Å²) in [6.07, 6.45) is 0.889. The first kappa shape index (κ1) is 15.1. The van der Waals surface area contributed by atoms with E-state index in [0.717, 1.165) is 11.1 Å². The number of carbonyl (C=O) groups is 1. The van der Waals surface area contributed by atoms with E-state index in [1.165, 1.54) is 0 Å². The van der Waals surface area contributed by atoms with E-state index in [-0.39, 0.29) is 5.91 Å². The molecule has 0 bridgehead atoms. The molecule has 0 aliphatic carbocycles. The molecule has 0 saturated carbocycles. The third-order valence-electron chi connectivity index (χ3n) is 2.54. The van der Waals surface area contributed by atoms with Crippen LogP contribution in [0.2, 0.25) is 10.0 Å². The minimum Gasteiger partial charge on any atom is -0.492 e. The molecule has 0 spiro atoms. The van der Waals surface area contributed by atoms with Gasteiger partial charge in [-0.3, -0.25) is 10.2 Å². The molecule has 6 heteroatoms. The maximum Gasteiger partial charge on any atom is 0.234 e. The summed E-state index contributed by atoms with van der Waals surface area (Å²) in [7, 11) is 0. The minimum absolute atomic E-state index is 0.215. The highest BCUT2D eigenvalue weighted by molar-refractivity contribution is 6.37. The van der Waals surface area contributed by atoms with Crippen LogP contribution in [0.15, 0.2) is 6.07 Å². The highest BCUT2D eigenvalue weighted by Crippen LogP contribution is 2.35. The first-order valence-corrected chi connectivity index (χ1v) is 6.30. The summed E-state index contributed by atoms with van der Waals surface area (Å²) in [6.45, 7) is 4.13. The molecule has 1 rings (SSSR count). The van der Waals surface area contributed by atoms with Crippen molar-refractivity contribution in [3.8, 4) is 5.75 Å². The van der Waals surface area contributed by atoms with Crippen LogP contribution in [0.5, 0.6) is 5.75 Å². The smallest absolute Gasteiger partial charge is 0.234 e. The van der Waals surface area contributed by atoms with Crippen LogP contribution in [-0.4, -0.2) is 12.5 Å². The van der Waals surface area contributed by atoms with E-state index < -0.39 is 0 Å². The van der Waals surface area contributed by atoms with Gasteiger partial charge in [-0.1, -0.05) is 23.2 Å². The van der Waals surface area contributed by atoms with E-state index in [9.17, 15) is 4.79 Å². The van der Waals surface area contributed by atoms with Crippen molar-refractivity contribution in [3.05, 3.63) is 27.2 Å². The Bertz CT molecular complexity index is 450. The number of hydrogen-bond acceptors (Lipinski definition) is 3. The highest BCUT2D eigenvalue weighted by atomic mass is 35.5. The highest BCUT2D eigenvalue weighted by Gasteiger charge is 2.11. The molecule has 0 atom stereocenters. The lowest BCUT2D eigenvalue weighted by Crippen LogP contribution is -2.29. The van der Waals surface area contributed by atoms with E-state index in [4.69, 9.17) is 33.8 Å². The summed E-state index contributed by atoms with van der Waals surface area (Å²) >= 11 is 12.2. The topological polar surface area (TPSA) is 64.3 Å². The van der Waals surface area contributed by atoms with Gasteiger partial charge in [0.05, 0.1) is 11.6 Å². The number of nitrogens with one attached hydrogen (secondary N) is 1. The Morgan fingerprint density at radius 1 is 1.39 bits per heavy atom. The number of hydrazine groups is 1. The molecule has 0 fully saturated rings. The van der Waals surface area contributed by atoms with E-state index in [1.807, 2.05) is 13.8 Å². The number of benzene rings is 1. The molecular formula is C12H16Cl2N2O2. The Labute approximate surface area is 116 Å². The Balaban J connectivity index is 2.60. The quantitative estimate of drug-likeness (QED) is 0.379. The number of aryl methyl sites for hydroxylation is 1. The van der Waals surface area contributed by atoms with Crippen LogP contribution in [0.25, 0.3) is 0 Å². The standard InChI is InChI=1S/C12H16Cl2N2O2/c1-7-6-9(12(14)8(2)11(7)13)18-5-3-4-10(17)16-15/h6H,3-5,15H2,1-2H3,(H,16,17). The van der Waals surface area contributed by atoms with E-state index in [1.54, 1.807) is 6.07 Å². The fraction of sp³-hybridized carbons (Fsp3) is 0.417. The van der Waals surface area contributed by atoms with Crippen LogP contribution < -0.4 is 16.0 Å². The maximum absolute atomic E-state index is 10.9. The number of nitrogens with two attached hydrogens (primary N) is 1. The van der Waals surface area contributed by atoms with Gasteiger partial charge in [-0.15, -0.1) is 0 Å². The summed E-state index contributed by atoms with van der Waals surface area (Å²) in [6, 6.07) is 1.79. The summed E-state index contributed by atoms with van der Waals surface area (Å²) in [5, 5.41) is 1.16. The van der Waals surface area contributed by atoms with Gasteiger partial charge < -0.3 is 4.74 Å². The first-order valence-electron chi connectivity index (χ1n) is 5.54. The second-order valence-electron chi connectivity index (χ2n) is 3.96. The SMILES string of the molecule is Cc1cc(OCCCC(=O)NN)c(Cl)c(C)c1Cl. The van der Waals surface area contributed by atoms with Crippen LogP contribution in [0.1, 0.15) is 24.0 Å². The number of rotatable bonds is 5. The molecule has 0 heterocycles. The van der Waals surface area contributed by atoms with E-state index in [2.05, 4.69) is 5.43 Å². The summed E-state index contributed by atoms with van der Waals surface area (Å²) in [4.78, 5) is 10.9. The summed E-state index contributed by atoms with van der Waals surface area (Å²) in [5.74, 6) is 5.34. The lowest BCUT2D eigenvalue weighted by molar-refractivity contribution is -0.121. The van der Waals surface area contributed by atoms with Gasteiger partial charge in [0.1, 0.15) is 5.75 Å². The average Bonchev–Trinajstić information content (AvgIpc) is 2.37. The van der Waals surface area contributed by atoms with Crippen molar-refractivity contribution in [1.29, 1.82) is 0 Å². The predicted molar refractivity (Wildman–Crippen MR) is 73.0 cm³/mol. The van der Waals surface area contributed by atoms with Gasteiger partial charge in [-0.2, -0.15) is 0 Å². The molecule has 0 aliphatic rings. The molecular weight excluding hydrogens is 275 g/mol. The van der Waals surface area contributed by atoms with Crippen LogP contribution >= 0.6 is 23.2 Å². The predicted octanol–water partition coefficient (Wildman–Crippen LogP) is 2.76. The fourth-order valence-electron chi connectivity index (χ4n) is 1.49. The van der Waals surface area contributed by atoms with Crippen LogP contribution in [0.4, 0.5) is 0 Å². The molecule has 0 aliphatic heterocycles. The number of amides is 1. The second-order valence-corrected chi connectivity index (χ2v) is 4.72. The number of hydrogen-bond donors (Lipinski definition) is 2. The zero-order valence-electron chi connectivity index (χ0n) is 10.3. The van der Waals surface area contributed by atoms with Crippen LogP contribution in [0.3, 0.4) is 0 Å². The molecule has 1 aromatic rings. The van der Waals surface area contributed by atoms with E-state index >= 15 is 0 Å². The Morgan fingerprint density at radius 2 is 2.06 bits per heavy atom. The molecule has 18 heavy (non-hydrogen) atoms. The van der Waals surface area contributed by atoms with Gasteiger partial charge in [0.2, 0.25) is 5.91 Å². The van der Waals surface area contributed by atoms with Crippen molar-refractivity contribution in [2.45, 2.75) is 26.7 Å². The molecule has 0 aromatic heterocycles. The van der Waals surface area contributed by atoms with Crippen LogP contribution in [0, 0.1) is 13.8 Å². The second kappa shape index (κ2) is 6.83. The largest absolute Gasteiger partial charge is 0.492 e. The van der Waals surface area contributed by atoms with Gasteiger partial charge in [0.15, 0.2) is 0 Å². The lowest BCUT2D eigenvalue weighted by Gasteiger charge is -2.12. The van der Waals surface area contributed by atoms with Crippen molar-refractivity contribution in [3.63, 3.8) is 0 Å². The zero-order chi connectivity index (χ0) is 13.7. The van der Waals surface area contributed by atoms with Crippen molar-refractivity contribution < 1.29 is 9.53 Å². The van der Waals surface area contributed by atoms with Gasteiger partial charge in [0, 0.05) is 11.4 Å².